The molecule has 0 fully saturated rings. The zero-order valence-electron chi connectivity index (χ0n) is 26.2. The number of carbonyl (C=O) groups is 2. The molecule has 0 spiro atoms. The standard InChI is InChI=1S/C35H38FN3O6S/c1-25(2)37-35(41)31(21-26-11-7-5-8-12-26)38(23-27-15-17-28(36)18-16-27)34(40)24-39(46(42,43)30-13-9-6-10-14-30)29-19-20-32(44-3)33(22-29)45-4/h5-20,22,25,31H,21,23-24H2,1-4H3,(H,37,41)/t31-/m0/s1. The molecule has 0 heterocycles. The van der Waals surface area contributed by atoms with Gasteiger partial charge in [0.25, 0.3) is 10.0 Å². The number of nitrogens with zero attached hydrogens (tertiary/aromatic N) is 2. The molecule has 0 aromatic heterocycles. The Hall–Kier alpha value is -4.90. The Kier molecular flexibility index (Phi) is 11.4. The molecular formula is C35H38FN3O6S. The quantitative estimate of drug-likeness (QED) is 0.202. The van der Waals surface area contributed by atoms with Crippen molar-refractivity contribution in [3.63, 3.8) is 0 Å². The highest BCUT2D eigenvalue weighted by Gasteiger charge is 2.35. The number of halogens is 1. The Morgan fingerprint density at radius 2 is 1.41 bits per heavy atom. The first kappa shape index (κ1) is 34.0. The van der Waals surface area contributed by atoms with E-state index in [0.717, 1.165) is 9.87 Å². The van der Waals surface area contributed by atoms with Gasteiger partial charge in [-0.1, -0.05) is 60.7 Å². The van der Waals surface area contributed by atoms with Crippen molar-refractivity contribution in [1.82, 2.24) is 10.2 Å². The summed E-state index contributed by atoms with van der Waals surface area (Å²) in [6.45, 7) is 2.91. The average molecular weight is 648 g/mol. The van der Waals surface area contributed by atoms with Gasteiger partial charge in [0.05, 0.1) is 24.8 Å². The van der Waals surface area contributed by atoms with E-state index in [1.165, 1.54) is 67.7 Å². The fourth-order valence-corrected chi connectivity index (χ4v) is 6.38. The zero-order chi connectivity index (χ0) is 33.3. The fraction of sp³-hybridized carbons (Fsp3) is 0.257. The van der Waals surface area contributed by atoms with E-state index < -0.39 is 40.2 Å². The Morgan fingerprint density at radius 1 is 0.804 bits per heavy atom. The number of anilines is 1. The molecule has 0 bridgehead atoms. The molecule has 0 saturated heterocycles. The van der Waals surface area contributed by atoms with Gasteiger partial charge in [0, 0.05) is 25.1 Å². The molecule has 9 nitrogen and oxygen atoms in total. The minimum atomic E-state index is -4.29. The number of hydrogen-bond donors (Lipinski definition) is 1. The Labute approximate surface area is 269 Å². The van der Waals surface area contributed by atoms with Gasteiger partial charge in [0.15, 0.2) is 11.5 Å². The van der Waals surface area contributed by atoms with Crippen LogP contribution >= 0.6 is 0 Å². The van der Waals surface area contributed by atoms with Gasteiger partial charge in [0.2, 0.25) is 11.8 Å². The van der Waals surface area contributed by atoms with Crippen molar-refractivity contribution in [2.45, 2.75) is 43.8 Å². The van der Waals surface area contributed by atoms with Crippen molar-refractivity contribution >= 4 is 27.5 Å². The van der Waals surface area contributed by atoms with Crippen molar-refractivity contribution in [3.05, 3.63) is 120 Å². The molecule has 1 atom stereocenters. The van der Waals surface area contributed by atoms with Gasteiger partial charge in [-0.2, -0.15) is 0 Å². The summed E-state index contributed by atoms with van der Waals surface area (Å²) in [6, 6.07) is 25.9. The number of benzene rings is 4. The third-order valence-corrected chi connectivity index (χ3v) is 9.02. The number of amides is 2. The average Bonchev–Trinajstić information content (AvgIpc) is 3.06. The summed E-state index contributed by atoms with van der Waals surface area (Å²) in [4.78, 5) is 29.6. The van der Waals surface area contributed by atoms with E-state index >= 15 is 0 Å². The van der Waals surface area contributed by atoms with Crippen LogP contribution in [0.4, 0.5) is 10.1 Å². The number of methoxy groups -OCH3 is 2. The van der Waals surface area contributed by atoms with Gasteiger partial charge in [-0.3, -0.25) is 13.9 Å². The van der Waals surface area contributed by atoms with E-state index in [2.05, 4.69) is 5.32 Å². The Bertz CT molecular complexity index is 1720. The fourth-order valence-electron chi connectivity index (χ4n) is 4.95. The van der Waals surface area contributed by atoms with Crippen LogP contribution in [0.1, 0.15) is 25.0 Å². The molecule has 4 aromatic rings. The molecule has 0 radical (unpaired) electrons. The lowest BCUT2D eigenvalue weighted by molar-refractivity contribution is -0.140. The number of ether oxygens (including phenoxy) is 2. The first-order chi connectivity index (χ1) is 22.0. The number of hydrogen-bond acceptors (Lipinski definition) is 6. The van der Waals surface area contributed by atoms with Crippen LogP contribution in [-0.4, -0.2) is 58.0 Å². The molecule has 11 heteroatoms. The van der Waals surface area contributed by atoms with E-state index in [-0.39, 0.29) is 35.3 Å². The third-order valence-electron chi connectivity index (χ3n) is 7.23. The van der Waals surface area contributed by atoms with Crippen LogP contribution in [0.3, 0.4) is 0 Å². The summed E-state index contributed by atoms with van der Waals surface area (Å²) < 4.78 is 53.9. The summed E-state index contributed by atoms with van der Waals surface area (Å²) in [7, 11) is -1.40. The van der Waals surface area contributed by atoms with Gasteiger partial charge in [-0.15, -0.1) is 0 Å². The molecule has 0 aliphatic carbocycles. The van der Waals surface area contributed by atoms with Gasteiger partial charge in [-0.25, -0.2) is 12.8 Å². The Balaban J connectivity index is 1.83. The van der Waals surface area contributed by atoms with Crippen molar-refractivity contribution in [2.24, 2.45) is 0 Å². The van der Waals surface area contributed by atoms with Crippen LogP contribution < -0.4 is 19.1 Å². The highest BCUT2D eigenvalue weighted by atomic mass is 32.2. The molecule has 242 valence electrons. The van der Waals surface area contributed by atoms with Crippen LogP contribution in [0.5, 0.6) is 11.5 Å². The number of carbonyl (C=O) groups excluding carboxylic acids is 2. The van der Waals surface area contributed by atoms with Gasteiger partial charge in [0.1, 0.15) is 18.4 Å². The highest BCUT2D eigenvalue weighted by Crippen LogP contribution is 2.34. The lowest BCUT2D eigenvalue weighted by Crippen LogP contribution is -2.54. The number of sulfonamides is 1. The number of nitrogens with one attached hydrogen (secondary N) is 1. The van der Waals surface area contributed by atoms with E-state index in [1.807, 2.05) is 44.2 Å². The van der Waals surface area contributed by atoms with Crippen molar-refractivity contribution in [1.29, 1.82) is 0 Å². The SMILES string of the molecule is COc1ccc(N(CC(=O)N(Cc2ccc(F)cc2)[C@@H](Cc2ccccc2)C(=O)NC(C)C)S(=O)(=O)c2ccccc2)cc1OC. The second kappa shape index (κ2) is 15.4. The first-order valence-corrected chi connectivity index (χ1v) is 16.2. The van der Waals surface area contributed by atoms with Crippen LogP contribution in [0, 0.1) is 5.82 Å². The molecular weight excluding hydrogens is 609 g/mol. The highest BCUT2D eigenvalue weighted by molar-refractivity contribution is 7.92. The summed E-state index contributed by atoms with van der Waals surface area (Å²) in [5.41, 5.74) is 1.52. The van der Waals surface area contributed by atoms with E-state index in [4.69, 9.17) is 9.47 Å². The van der Waals surface area contributed by atoms with Crippen molar-refractivity contribution in [3.8, 4) is 11.5 Å². The summed E-state index contributed by atoms with van der Waals surface area (Å²) >= 11 is 0. The molecule has 0 aliphatic heterocycles. The molecule has 4 aromatic carbocycles. The van der Waals surface area contributed by atoms with Crippen molar-refractivity contribution < 1.29 is 31.9 Å². The summed E-state index contributed by atoms with van der Waals surface area (Å²) in [6.07, 6.45) is 0.161. The maximum Gasteiger partial charge on any atom is 0.264 e. The van der Waals surface area contributed by atoms with Crippen LogP contribution in [0.2, 0.25) is 0 Å². The number of rotatable bonds is 14. The summed E-state index contributed by atoms with van der Waals surface area (Å²) in [5, 5.41) is 2.91. The minimum Gasteiger partial charge on any atom is -0.493 e. The van der Waals surface area contributed by atoms with E-state index in [9.17, 15) is 22.4 Å². The topological polar surface area (TPSA) is 105 Å². The van der Waals surface area contributed by atoms with Gasteiger partial charge < -0.3 is 19.7 Å². The molecule has 46 heavy (non-hydrogen) atoms. The molecule has 0 unspecified atom stereocenters. The maximum atomic E-state index is 14.5. The predicted molar refractivity (Wildman–Crippen MR) is 175 cm³/mol. The van der Waals surface area contributed by atoms with Crippen LogP contribution in [0.15, 0.2) is 108 Å². The van der Waals surface area contributed by atoms with Gasteiger partial charge >= 0.3 is 0 Å². The second-order valence-electron chi connectivity index (χ2n) is 10.9. The van der Waals surface area contributed by atoms with Crippen LogP contribution in [0.25, 0.3) is 0 Å². The first-order valence-electron chi connectivity index (χ1n) is 14.7. The zero-order valence-corrected chi connectivity index (χ0v) is 27.0. The Morgan fingerprint density at radius 3 is 2.00 bits per heavy atom. The molecule has 2 amide bonds. The lowest BCUT2D eigenvalue weighted by atomic mass is 10.0. The molecule has 0 saturated carbocycles. The molecule has 1 N–H and O–H groups in total. The smallest absolute Gasteiger partial charge is 0.264 e. The monoisotopic (exact) mass is 647 g/mol. The molecule has 4 rings (SSSR count). The van der Waals surface area contributed by atoms with Gasteiger partial charge in [-0.05, 0) is 61.4 Å². The second-order valence-corrected chi connectivity index (χ2v) is 12.7. The van der Waals surface area contributed by atoms with Crippen LogP contribution in [-0.2, 0) is 32.6 Å². The normalized spacial score (nSPS) is 11.9. The van der Waals surface area contributed by atoms with Crippen molar-refractivity contribution in [2.75, 3.05) is 25.1 Å². The van der Waals surface area contributed by atoms with E-state index in [0.29, 0.717) is 11.3 Å². The predicted octanol–water partition coefficient (Wildman–Crippen LogP) is 5.20. The van der Waals surface area contributed by atoms with E-state index in [1.54, 1.807) is 24.3 Å². The molecule has 0 aliphatic rings. The minimum absolute atomic E-state index is 0.0268. The lowest BCUT2D eigenvalue weighted by Gasteiger charge is -2.34. The maximum absolute atomic E-state index is 14.5. The largest absolute Gasteiger partial charge is 0.493 e. The third kappa shape index (κ3) is 8.42. The summed E-state index contributed by atoms with van der Waals surface area (Å²) in [5.74, 6) is -0.854.